The summed E-state index contributed by atoms with van der Waals surface area (Å²) in [5.41, 5.74) is 1.72. The van der Waals surface area contributed by atoms with E-state index in [9.17, 15) is 4.79 Å². The number of carbonyl (C=O) groups excluding carboxylic acids is 1. The van der Waals surface area contributed by atoms with Gasteiger partial charge in [0.15, 0.2) is 0 Å². The standard InChI is InChI=1S/C7H10N2O2S/c1-2-11-7(10)9-4-6-3-8-5-12-6/h3,5H,2,4H2,1H3,(H,9,10). The van der Waals surface area contributed by atoms with Crippen molar-refractivity contribution in [1.29, 1.82) is 0 Å². The van der Waals surface area contributed by atoms with Crippen molar-refractivity contribution < 1.29 is 9.53 Å². The maximum atomic E-state index is 10.8. The molecule has 0 aliphatic carbocycles. The van der Waals surface area contributed by atoms with Gasteiger partial charge in [0, 0.05) is 11.1 Å². The summed E-state index contributed by atoms with van der Waals surface area (Å²) in [7, 11) is 0. The summed E-state index contributed by atoms with van der Waals surface area (Å²) in [6.07, 6.45) is 1.34. The number of ether oxygens (including phenoxy) is 1. The fourth-order valence-electron chi connectivity index (χ4n) is 0.671. The summed E-state index contributed by atoms with van der Waals surface area (Å²) in [6, 6.07) is 0. The molecule has 1 aromatic heterocycles. The molecule has 0 radical (unpaired) electrons. The largest absolute Gasteiger partial charge is 0.450 e. The van der Waals surface area contributed by atoms with Gasteiger partial charge in [-0.2, -0.15) is 0 Å². The van der Waals surface area contributed by atoms with Crippen LogP contribution < -0.4 is 5.32 Å². The number of hydrogen-bond acceptors (Lipinski definition) is 4. The maximum absolute atomic E-state index is 10.8. The number of amides is 1. The summed E-state index contributed by atoms with van der Waals surface area (Å²) in [5.74, 6) is 0. The average Bonchev–Trinajstić information content (AvgIpc) is 2.53. The summed E-state index contributed by atoms with van der Waals surface area (Å²) in [6.45, 7) is 2.66. The van der Waals surface area contributed by atoms with E-state index >= 15 is 0 Å². The third kappa shape index (κ3) is 2.87. The van der Waals surface area contributed by atoms with Gasteiger partial charge in [0.2, 0.25) is 0 Å². The number of rotatable bonds is 3. The van der Waals surface area contributed by atoms with Gasteiger partial charge in [0.1, 0.15) is 0 Å². The SMILES string of the molecule is CCOC(=O)NCc1cncs1. The number of thiazole rings is 1. The van der Waals surface area contributed by atoms with Crippen molar-refractivity contribution in [1.82, 2.24) is 10.3 Å². The molecule has 1 rings (SSSR count). The number of aromatic nitrogens is 1. The fraction of sp³-hybridized carbons (Fsp3) is 0.429. The number of carbonyl (C=O) groups is 1. The van der Waals surface area contributed by atoms with Crippen LogP contribution in [0.15, 0.2) is 11.7 Å². The molecular weight excluding hydrogens is 176 g/mol. The zero-order chi connectivity index (χ0) is 8.81. The van der Waals surface area contributed by atoms with Crippen LogP contribution in [0.3, 0.4) is 0 Å². The van der Waals surface area contributed by atoms with Gasteiger partial charge >= 0.3 is 6.09 Å². The molecule has 1 N–H and O–H groups in total. The molecule has 0 aromatic carbocycles. The Morgan fingerprint density at radius 2 is 2.67 bits per heavy atom. The Labute approximate surface area is 74.6 Å². The zero-order valence-electron chi connectivity index (χ0n) is 6.74. The highest BCUT2D eigenvalue weighted by Crippen LogP contribution is 2.03. The minimum absolute atomic E-state index is 0.383. The minimum Gasteiger partial charge on any atom is -0.450 e. The first-order chi connectivity index (χ1) is 5.83. The highest BCUT2D eigenvalue weighted by Gasteiger charge is 2.00. The molecule has 0 saturated heterocycles. The van der Waals surface area contributed by atoms with E-state index in [1.807, 2.05) is 0 Å². The lowest BCUT2D eigenvalue weighted by Crippen LogP contribution is -2.23. The van der Waals surface area contributed by atoms with Crippen LogP contribution in [0.2, 0.25) is 0 Å². The van der Waals surface area contributed by atoms with E-state index in [4.69, 9.17) is 0 Å². The molecule has 5 heteroatoms. The van der Waals surface area contributed by atoms with Crippen LogP contribution in [0.4, 0.5) is 4.79 Å². The van der Waals surface area contributed by atoms with Crippen LogP contribution in [-0.4, -0.2) is 17.7 Å². The van der Waals surface area contributed by atoms with E-state index in [0.717, 1.165) is 4.88 Å². The predicted octanol–water partition coefficient (Wildman–Crippen LogP) is 1.39. The van der Waals surface area contributed by atoms with E-state index in [0.29, 0.717) is 13.2 Å². The van der Waals surface area contributed by atoms with Crippen molar-refractivity contribution in [2.75, 3.05) is 6.61 Å². The highest BCUT2D eigenvalue weighted by atomic mass is 32.1. The smallest absolute Gasteiger partial charge is 0.407 e. The van der Waals surface area contributed by atoms with E-state index < -0.39 is 0 Å². The molecule has 66 valence electrons. The molecular formula is C7H10N2O2S. The molecule has 0 fully saturated rings. The number of alkyl carbamates (subject to hydrolysis) is 1. The van der Waals surface area contributed by atoms with Crippen molar-refractivity contribution in [3.63, 3.8) is 0 Å². The molecule has 0 bridgehead atoms. The second-order valence-corrected chi connectivity index (χ2v) is 3.01. The molecule has 0 atom stereocenters. The molecule has 12 heavy (non-hydrogen) atoms. The van der Waals surface area contributed by atoms with Crippen molar-refractivity contribution in [2.45, 2.75) is 13.5 Å². The van der Waals surface area contributed by atoms with Crippen LogP contribution in [0.25, 0.3) is 0 Å². The lowest BCUT2D eigenvalue weighted by Gasteiger charge is -2.01. The third-order valence-electron chi connectivity index (χ3n) is 1.17. The van der Waals surface area contributed by atoms with E-state index in [2.05, 4.69) is 15.0 Å². The lowest BCUT2D eigenvalue weighted by atomic mass is 10.5. The Kier molecular flexibility index (Phi) is 3.53. The van der Waals surface area contributed by atoms with Crippen LogP contribution >= 0.6 is 11.3 Å². The van der Waals surface area contributed by atoms with Crippen LogP contribution in [-0.2, 0) is 11.3 Å². The third-order valence-corrected chi connectivity index (χ3v) is 1.95. The second kappa shape index (κ2) is 4.71. The summed E-state index contributed by atoms with van der Waals surface area (Å²) in [5, 5.41) is 2.60. The molecule has 0 saturated carbocycles. The van der Waals surface area contributed by atoms with Gasteiger partial charge in [0.05, 0.1) is 18.7 Å². The molecule has 0 unspecified atom stereocenters. The van der Waals surface area contributed by atoms with Gasteiger partial charge < -0.3 is 10.1 Å². The number of nitrogens with zero attached hydrogens (tertiary/aromatic N) is 1. The van der Waals surface area contributed by atoms with Crippen LogP contribution in [0, 0.1) is 0 Å². The number of nitrogens with one attached hydrogen (secondary N) is 1. The van der Waals surface area contributed by atoms with E-state index in [-0.39, 0.29) is 6.09 Å². The van der Waals surface area contributed by atoms with Gasteiger partial charge in [-0.1, -0.05) is 0 Å². The molecule has 0 spiro atoms. The fourth-order valence-corrected chi connectivity index (χ4v) is 1.21. The molecule has 1 aromatic rings. The minimum atomic E-state index is -0.383. The lowest BCUT2D eigenvalue weighted by molar-refractivity contribution is 0.152. The monoisotopic (exact) mass is 186 g/mol. The first kappa shape index (κ1) is 8.99. The maximum Gasteiger partial charge on any atom is 0.407 e. The Balaban J connectivity index is 2.22. The van der Waals surface area contributed by atoms with Gasteiger partial charge in [-0.15, -0.1) is 11.3 Å². The van der Waals surface area contributed by atoms with Gasteiger partial charge in [-0.05, 0) is 6.92 Å². The van der Waals surface area contributed by atoms with Gasteiger partial charge in [0.25, 0.3) is 0 Å². The zero-order valence-corrected chi connectivity index (χ0v) is 7.56. The molecule has 1 amide bonds. The van der Waals surface area contributed by atoms with Crippen LogP contribution in [0.1, 0.15) is 11.8 Å². The van der Waals surface area contributed by atoms with Crippen molar-refractivity contribution in [3.05, 3.63) is 16.6 Å². The first-order valence-corrected chi connectivity index (χ1v) is 4.49. The topological polar surface area (TPSA) is 51.2 Å². The Hall–Kier alpha value is -1.10. The quantitative estimate of drug-likeness (QED) is 0.776. The van der Waals surface area contributed by atoms with Gasteiger partial charge in [-0.3, -0.25) is 4.98 Å². The molecule has 4 nitrogen and oxygen atoms in total. The molecule has 1 heterocycles. The first-order valence-electron chi connectivity index (χ1n) is 3.61. The Morgan fingerprint density at radius 1 is 1.83 bits per heavy atom. The second-order valence-electron chi connectivity index (χ2n) is 2.04. The Morgan fingerprint density at radius 3 is 3.25 bits per heavy atom. The summed E-state index contributed by atoms with van der Waals surface area (Å²) in [4.78, 5) is 15.7. The van der Waals surface area contributed by atoms with E-state index in [1.165, 1.54) is 11.3 Å². The van der Waals surface area contributed by atoms with Crippen molar-refractivity contribution >= 4 is 17.4 Å². The van der Waals surface area contributed by atoms with Crippen molar-refractivity contribution in [2.24, 2.45) is 0 Å². The summed E-state index contributed by atoms with van der Waals surface area (Å²) < 4.78 is 4.67. The Bertz CT molecular complexity index is 236. The number of hydrogen-bond donors (Lipinski definition) is 1. The van der Waals surface area contributed by atoms with Crippen LogP contribution in [0.5, 0.6) is 0 Å². The van der Waals surface area contributed by atoms with E-state index in [1.54, 1.807) is 18.6 Å². The van der Waals surface area contributed by atoms with Gasteiger partial charge in [-0.25, -0.2) is 4.79 Å². The summed E-state index contributed by atoms with van der Waals surface area (Å²) >= 11 is 1.50. The predicted molar refractivity (Wildman–Crippen MR) is 46.0 cm³/mol. The average molecular weight is 186 g/mol. The highest BCUT2D eigenvalue weighted by molar-refractivity contribution is 7.09. The molecule has 0 aliphatic heterocycles. The van der Waals surface area contributed by atoms with Crippen molar-refractivity contribution in [3.8, 4) is 0 Å². The molecule has 0 aliphatic rings. The normalized spacial score (nSPS) is 9.42.